The highest BCUT2D eigenvalue weighted by Gasteiger charge is 2.18. The first-order valence-electron chi connectivity index (χ1n) is 9.22. The highest BCUT2D eigenvalue weighted by molar-refractivity contribution is 5.67. The Hall–Kier alpha value is -2.60. The molecule has 0 amide bonds. The summed E-state index contributed by atoms with van der Waals surface area (Å²) in [5, 5.41) is 17.1. The first-order chi connectivity index (χ1) is 12.7. The molecule has 0 unspecified atom stereocenters. The van der Waals surface area contributed by atoms with Crippen LogP contribution in [0.1, 0.15) is 24.1 Å². The van der Waals surface area contributed by atoms with Gasteiger partial charge in [0.15, 0.2) is 5.82 Å². The number of aliphatic hydroxyl groups is 1. The van der Waals surface area contributed by atoms with E-state index in [9.17, 15) is 5.11 Å². The van der Waals surface area contributed by atoms with Crippen molar-refractivity contribution in [3.8, 4) is 0 Å². The summed E-state index contributed by atoms with van der Waals surface area (Å²) in [5.41, 5.74) is 4.46. The molecule has 3 heterocycles. The molecule has 1 aliphatic heterocycles. The minimum Gasteiger partial charge on any atom is -0.396 e. The lowest BCUT2D eigenvalue weighted by Gasteiger charge is -2.33. The molecule has 0 radical (unpaired) electrons. The van der Waals surface area contributed by atoms with Gasteiger partial charge in [-0.05, 0) is 49.4 Å². The first kappa shape index (κ1) is 16.8. The molecule has 136 valence electrons. The second-order valence-corrected chi connectivity index (χ2v) is 7.02. The van der Waals surface area contributed by atoms with Crippen molar-refractivity contribution in [1.29, 1.82) is 0 Å². The minimum absolute atomic E-state index is 0.315. The molecule has 3 aromatic rings. The molecule has 2 aromatic heterocycles. The monoisotopic (exact) mass is 351 g/mol. The molecule has 0 bridgehead atoms. The third-order valence-electron chi connectivity index (χ3n) is 5.15. The number of aromatic nitrogens is 3. The molecular weight excluding hydrogens is 326 g/mol. The van der Waals surface area contributed by atoms with Crippen LogP contribution in [0.4, 0.5) is 11.5 Å². The van der Waals surface area contributed by atoms with Gasteiger partial charge in [0.1, 0.15) is 5.52 Å². The molecule has 1 aliphatic rings. The van der Waals surface area contributed by atoms with Crippen LogP contribution < -0.4 is 10.2 Å². The Morgan fingerprint density at radius 1 is 1.19 bits per heavy atom. The summed E-state index contributed by atoms with van der Waals surface area (Å²) in [6, 6.07) is 10.7. The van der Waals surface area contributed by atoms with Gasteiger partial charge in [-0.2, -0.15) is 5.10 Å². The zero-order chi connectivity index (χ0) is 17.9. The van der Waals surface area contributed by atoms with Gasteiger partial charge in [-0.15, -0.1) is 0 Å². The van der Waals surface area contributed by atoms with Gasteiger partial charge in [-0.25, -0.2) is 9.50 Å². The fourth-order valence-electron chi connectivity index (χ4n) is 3.56. The molecule has 1 aromatic carbocycles. The molecule has 1 saturated heterocycles. The van der Waals surface area contributed by atoms with E-state index < -0.39 is 0 Å². The number of benzene rings is 1. The molecule has 0 saturated carbocycles. The second-order valence-electron chi connectivity index (χ2n) is 7.02. The number of nitrogens with one attached hydrogen (secondary N) is 1. The fourth-order valence-corrected chi connectivity index (χ4v) is 3.56. The molecule has 26 heavy (non-hydrogen) atoms. The topological polar surface area (TPSA) is 65.7 Å². The number of rotatable bonds is 5. The van der Waals surface area contributed by atoms with Crippen LogP contribution >= 0.6 is 0 Å². The second kappa shape index (κ2) is 7.33. The maximum atomic E-state index is 9.27. The Bertz CT molecular complexity index is 866. The molecule has 0 atom stereocenters. The van der Waals surface area contributed by atoms with E-state index in [0.29, 0.717) is 12.5 Å². The molecule has 6 nitrogen and oxygen atoms in total. The normalized spacial score (nSPS) is 15.5. The largest absolute Gasteiger partial charge is 0.396 e. The summed E-state index contributed by atoms with van der Waals surface area (Å²) in [6.07, 6.45) is 5.77. The quantitative estimate of drug-likeness (QED) is 0.740. The van der Waals surface area contributed by atoms with Crippen LogP contribution in [0.15, 0.2) is 42.7 Å². The summed E-state index contributed by atoms with van der Waals surface area (Å²) >= 11 is 0. The van der Waals surface area contributed by atoms with Crippen LogP contribution in [-0.2, 0) is 6.54 Å². The van der Waals surface area contributed by atoms with Crippen LogP contribution in [0.25, 0.3) is 5.52 Å². The lowest BCUT2D eigenvalue weighted by molar-refractivity contribution is 0.203. The van der Waals surface area contributed by atoms with Gasteiger partial charge in [-0.3, -0.25) is 0 Å². The number of fused-ring (bicyclic) bond motifs is 1. The van der Waals surface area contributed by atoms with Crippen molar-refractivity contribution < 1.29 is 5.11 Å². The highest BCUT2D eigenvalue weighted by atomic mass is 16.3. The van der Waals surface area contributed by atoms with E-state index in [0.717, 1.165) is 49.5 Å². The average Bonchev–Trinajstić information content (AvgIpc) is 3.07. The summed E-state index contributed by atoms with van der Waals surface area (Å²) < 4.78 is 1.85. The number of anilines is 2. The van der Waals surface area contributed by atoms with Gasteiger partial charge in [0.2, 0.25) is 0 Å². The van der Waals surface area contributed by atoms with E-state index in [2.05, 4.69) is 44.6 Å². The highest BCUT2D eigenvalue weighted by Crippen LogP contribution is 2.23. The van der Waals surface area contributed by atoms with Gasteiger partial charge >= 0.3 is 0 Å². The number of aryl methyl sites for hydroxylation is 1. The summed E-state index contributed by atoms with van der Waals surface area (Å²) in [5.74, 6) is 1.32. The Morgan fingerprint density at radius 3 is 2.69 bits per heavy atom. The summed E-state index contributed by atoms with van der Waals surface area (Å²) in [6.45, 7) is 5.07. The number of piperidine rings is 1. The van der Waals surface area contributed by atoms with Crippen molar-refractivity contribution >= 4 is 17.0 Å². The van der Waals surface area contributed by atoms with Crippen molar-refractivity contribution in [2.45, 2.75) is 26.3 Å². The molecule has 6 heteroatoms. The lowest BCUT2D eigenvalue weighted by atomic mass is 9.97. The van der Waals surface area contributed by atoms with Crippen molar-refractivity contribution in [1.82, 2.24) is 14.6 Å². The third-order valence-corrected chi connectivity index (χ3v) is 5.15. The van der Waals surface area contributed by atoms with E-state index in [-0.39, 0.29) is 0 Å². The maximum Gasteiger partial charge on any atom is 0.152 e. The van der Waals surface area contributed by atoms with Crippen molar-refractivity contribution in [3.05, 3.63) is 54.0 Å². The summed E-state index contributed by atoms with van der Waals surface area (Å²) in [7, 11) is 0. The van der Waals surface area contributed by atoms with Crippen molar-refractivity contribution in [3.63, 3.8) is 0 Å². The number of aliphatic hydroxyl groups excluding tert-OH is 1. The standard InChI is InChI=1S/C20H25N5O/c1-15-12-19-20(21-8-11-25(19)23-15)22-13-16-2-4-18(5-3-16)24-9-6-17(14-26)7-10-24/h2-5,8,11-12,17,26H,6-7,9-10,13-14H2,1H3,(H,21,22). The van der Waals surface area contributed by atoms with Crippen molar-refractivity contribution in [2.24, 2.45) is 5.92 Å². The molecule has 0 spiro atoms. The number of nitrogens with zero attached hydrogens (tertiary/aromatic N) is 4. The number of hydrogen-bond acceptors (Lipinski definition) is 5. The molecule has 0 aliphatic carbocycles. The van der Waals surface area contributed by atoms with Gasteiger partial charge in [0.25, 0.3) is 0 Å². The Kier molecular flexibility index (Phi) is 4.75. The van der Waals surface area contributed by atoms with E-state index in [1.165, 1.54) is 11.3 Å². The maximum absolute atomic E-state index is 9.27. The lowest BCUT2D eigenvalue weighted by Crippen LogP contribution is -2.34. The van der Waals surface area contributed by atoms with Crippen LogP contribution in [0.3, 0.4) is 0 Å². The Balaban J connectivity index is 1.40. The molecule has 4 rings (SSSR count). The van der Waals surface area contributed by atoms with Gasteiger partial charge in [-0.1, -0.05) is 12.1 Å². The van der Waals surface area contributed by atoms with Gasteiger partial charge < -0.3 is 15.3 Å². The van der Waals surface area contributed by atoms with E-state index in [1.54, 1.807) is 6.20 Å². The fraction of sp³-hybridized carbons (Fsp3) is 0.400. The molecule has 1 fully saturated rings. The van der Waals surface area contributed by atoms with E-state index >= 15 is 0 Å². The van der Waals surface area contributed by atoms with Crippen LogP contribution in [0.2, 0.25) is 0 Å². The predicted octanol–water partition coefficient (Wildman–Crippen LogP) is 2.86. The third kappa shape index (κ3) is 3.51. The Morgan fingerprint density at radius 2 is 1.96 bits per heavy atom. The smallest absolute Gasteiger partial charge is 0.152 e. The van der Waals surface area contributed by atoms with Gasteiger partial charge in [0, 0.05) is 44.3 Å². The SMILES string of the molecule is Cc1cc2c(NCc3ccc(N4CCC(CO)CC4)cc3)nccn2n1. The molecule has 2 N–H and O–H groups in total. The minimum atomic E-state index is 0.315. The first-order valence-corrected chi connectivity index (χ1v) is 9.22. The zero-order valence-corrected chi connectivity index (χ0v) is 15.1. The molecular formula is C20H25N5O. The summed E-state index contributed by atoms with van der Waals surface area (Å²) in [4.78, 5) is 6.84. The number of hydrogen-bond donors (Lipinski definition) is 2. The van der Waals surface area contributed by atoms with Crippen LogP contribution in [0.5, 0.6) is 0 Å². The van der Waals surface area contributed by atoms with Crippen molar-refractivity contribution in [2.75, 3.05) is 29.9 Å². The average molecular weight is 351 g/mol. The van der Waals surface area contributed by atoms with Crippen LogP contribution in [0, 0.1) is 12.8 Å². The van der Waals surface area contributed by atoms with Crippen LogP contribution in [-0.4, -0.2) is 39.4 Å². The Labute approximate surface area is 153 Å². The predicted molar refractivity (Wildman–Crippen MR) is 104 cm³/mol. The van der Waals surface area contributed by atoms with Gasteiger partial charge in [0.05, 0.1) is 5.69 Å². The van der Waals surface area contributed by atoms with E-state index in [1.807, 2.05) is 23.7 Å². The van der Waals surface area contributed by atoms with E-state index in [4.69, 9.17) is 0 Å². The zero-order valence-electron chi connectivity index (χ0n) is 15.1.